The fourth-order valence-corrected chi connectivity index (χ4v) is 2.68. The second-order valence-electron chi connectivity index (χ2n) is 2.41. The maximum atomic E-state index is 12.5. The second-order valence-corrected chi connectivity index (χ2v) is 5.97. The van der Waals surface area contributed by atoms with Crippen LogP contribution in [0.1, 0.15) is 12.0 Å². The molecule has 0 saturated carbocycles. The van der Waals surface area contributed by atoms with Gasteiger partial charge in [-0.25, -0.2) is 22.2 Å². The molecule has 0 spiro atoms. The van der Waals surface area contributed by atoms with Crippen molar-refractivity contribution < 1.29 is 22.3 Å². The molecule has 0 aliphatic heterocycles. The fourth-order valence-electron chi connectivity index (χ4n) is 0.861. The molecule has 0 radical (unpaired) electrons. The van der Waals surface area contributed by atoms with Crippen molar-refractivity contribution in [3.8, 4) is 5.75 Å². The van der Waals surface area contributed by atoms with Gasteiger partial charge in [0.2, 0.25) is 0 Å². The van der Waals surface area contributed by atoms with Crippen molar-refractivity contribution in [2.45, 2.75) is 11.5 Å². The van der Waals surface area contributed by atoms with Crippen LogP contribution in [-0.4, -0.2) is 18.5 Å². The summed E-state index contributed by atoms with van der Waals surface area (Å²) in [6.45, 7) is 0. The largest absolute Gasteiger partial charge is 0.505 e. The van der Waals surface area contributed by atoms with Crippen LogP contribution < -0.4 is 0 Å². The molecule has 4 nitrogen and oxygen atoms in total. The standard InChI is InChI=1S/C6H3ClF2INO3S/c7-15(13,14)6-3(5(8)9)4(10)2(12)1-11-6/h1,5,12H. The minimum absolute atomic E-state index is 0.281. The van der Waals surface area contributed by atoms with E-state index in [1.54, 1.807) is 0 Å². The molecule has 0 amide bonds. The summed E-state index contributed by atoms with van der Waals surface area (Å²) in [6, 6.07) is 0. The van der Waals surface area contributed by atoms with Crippen LogP contribution in [0.3, 0.4) is 0 Å². The average Bonchev–Trinajstić information content (AvgIpc) is 2.06. The highest BCUT2D eigenvalue weighted by Gasteiger charge is 2.27. The first kappa shape index (κ1) is 12.8. The summed E-state index contributed by atoms with van der Waals surface area (Å²) in [4.78, 5) is 3.18. The number of hydrogen-bond acceptors (Lipinski definition) is 4. The van der Waals surface area contributed by atoms with E-state index in [1.807, 2.05) is 0 Å². The van der Waals surface area contributed by atoms with E-state index in [4.69, 9.17) is 15.8 Å². The molecule has 0 aromatic carbocycles. The Morgan fingerprint density at radius 1 is 1.53 bits per heavy atom. The Morgan fingerprint density at radius 3 is 2.47 bits per heavy atom. The highest BCUT2D eigenvalue weighted by atomic mass is 127. The highest BCUT2D eigenvalue weighted by Crippen LogP contribution is 2.35. The van der Waals surface area contributed by atoms with Crippen LogP contribution >= 0.6 is 33.3 Å². The minimum Gasteiger partial charge on any atom is -0.505 e. The van der Waals surface area contributed by atoms with E-state index >= 15 is 0 Å². The first-order chi connectivity index (χ1) is 6.75. The Morgan fingerprint density at radius 2 is 2.07 bits per heavy atom. The molecule has 1 rings (SSSR count). The van der Waals surface area contributed by atoms with E-state index in [2.05, 4.69) is 4.98 Å². The zero-order valence-corrected chi connectivity index (χ0v) is 10.5. The van der Waals surface area contributed by atoms with Gasteiger partial charge in [-0.05, 0) is 22.6 Å². The molecule has 1 aromatic heterocycles. The first-order valence-corrected chi connectivity index (χ1v) is 6.74. The van der Waals surface area contributed by atoms with E-state index in [0.717, 1.165) is 6.20 Å². The van der Waals surface area contributed by atoms with Gasteiger partial charge in [0.15, 0.2) is 5.03 Å². The van der Waals surface area contributed by atoms with Crippen molar-refractivity contribution in [1.29, 1.82) is 0 Å². The predicted molar refractivity (Wildman–Crippen MR) is 56.6 cm³/mol. The average molecular weight is 370 g/mol. The lowest BCUT2D eigenvalue weighted by Gasteiger charge is -2.08. The monoisotopic (exact) mass is 369 g/mol. The van der Waals surface area contributed by atoms with Gasteiger partial charge >= 0.3 is 0 Å². The van der Waals surface area contributed by atoms with Gasteiger partial charge in [0.25, 0.3) is 15.5 Å². The number of aromatic hydroxyl groups is 1. The third-order valence-electron chi connectivity index (χ3n) is 1.45. The van der Waals surface area contributed by atoms with Crippen LogP contribution in [0.15, 0.2) is 11.2 Å². The number of aromatic nitrogens is 1. The smallest absolute Gasteiger partial charge is 0.279 e. The Bertz CT molecular complexity index is 493. The van der Waals surface area contributed by atoms with Gasteiger partial charge in [0.05, 0.1) is 15.3 Å². The van der Waals surface area contributed by atoms with Crippen molar-refractivity contribution >= 4 is 42.3 Å². The molecule has 0 bridgehead atoms. The molecule has 15 heavy (non-hydrogen) atoms. The summed E-state index contributed by atoms with van der Waals surface area (Å²) in [6.07, 6.45) is -2.33. The first-order valence-electron chi connectivity index (χ1n) is 3.35. The molecule has 1 N–H and O–H groups in total. The molecular weight excluding hydrogens is 366 g/mol. The van der Waals surface area contributed by atoms with Crippen LogP contribution in [0.5, 0.6) is 5.75 Å². The van der Waals surface area contributed by atoms with Crippen LogP contribution in [-0.2, 0) is 9.05 Å². The molecule has 0 fully saturated rings. The van der Waals surface area contributed by atoms with E-state index in [0.29, 0.717) is 0 Å². The van der Waals surface area contributed by atoms with Crippen molar-refractivity contribution in [3.63, 3.8) is 0 Å². The molecule has 0 atom stereocenters. The lowest BCUT2D eigenvalue weighted by atomic mass is 10.3. The summed E-state index contributed by atoms with van der Waals surface area (Å²) in [5.41, 5.74) is -0.884. The number of rotatable bonds is 2. The number of pyridine rings is 1. The van der Waals surface area contributed by atoms with Crippen molar-refractivity contribution in [2.75, 3.05) is 0 Å². The summed E-state index contributed by atoms with van der Waals surface area (Å²) < 4.78 is 46.6. The van der Waals surface area contributed by atoms with Gasteiger partial charge in [-0.15, -0.1) is 0 Å². The number of alkyl halides is 2. The summed E-state index contributed by atoms with van der Waals surface area (Å²) in [5.74, 6) is -0.519. The van der Waals surface area contributed by atoms with Crippen LogP contribution in [0.2, 0.25) is 0 Å². The Balaban J connectivity index is 3.62. The molecule has 0 unspecified atom stereocenters. The molecular formula is C6H3ClF2INO3S. The van der Waals surface area contributed by atoms with E-state index in [1.165, 1.54) is 22.6 Å². The van der Waals surface area contributed by atoms with Gasteiger partial charge in [-0.1, -0.05) is 0 Å². The van der Waals surface area contributed by atoms with Gasteiger partial charge < -0.3 is 5.11 Å². The maximum Gasteiger partial charge on any atom is 0.279 e. The third-order valence-corrected chi connectivity index (χ3v) is 3.80. The number of halogens is 4. The van der Waals surface area contributed by atoms with Crippen LogP contribution in [0.4, 0.5) is 8.78 Å². The number of nitrogens with zero attached hydrogens (tertiary/aromatic N) is 1. The van der Waals surface area contributed by atoms with Gasteiger partial charge in [-0.2, -0.15) is 0 Å². The molecule has 0 saturated heterocycles. The lowest BCUT2D eigenvalue weighted by molar-refractivity contribution is 0.145. The van der Waals surface area contributed by atoms with Gasteiger partial charge in [0.1, 0.15) is 5.75 Å². The van der Waals surface area contributed by atoms with E-state index < -0.39 is 31.8 Å². The molecule has 0 aliphatic carbocycles. The summed E-state index contributed by atoms with van der Waals surface area (Å²) in [7, 11) is 0.571. The maximum absolute atomic E-state index is 12.5. The van der Waals surface area contributed by atoms with Gasteiger partial charge in [-0.3, -0.25) is 0 Å². The molecule has 1 aromatic rings. The van der Waals surface area contributed by atoms with Crippen molar-refractivity contribution in [1.82, 2.24) is 4.98 Å². The van der Waals surface area contributed by atoms with Crippen LogP contribution in [0.25, 0.3) is 0 Å². The normalized spacial score (nSPS) is 12.1. The highest BCUT2D eigenvalue weighted by molar-refractivity contribution is 14.1. The molecule has 1 heterocycles. The third kappa shape index (κ3) is 2.67. The minimum atomic E-state index is -4.35. The Labute approximate surface area is 102 Å². The zero-order chi connectivity index (χ0) is 11.8. The second kappa shape index (κ2) is 4.34. The zero-order valence-electron chi connectivity index (χ0n) is 6.79. The predicted octanol–water partition coefficient (Wildman–Crippen LogP) is 2.26. The quantitative estimate of drug-likeness (QED) is 0.641. The SMILES string of the molecule is O=S(=O)(Cl)c1ncc(O)c(I)c1C(F)F. The summed E-state index contributed by atoms with van der Waals surface area (Å²) >= 11 is 1.39. The van der Waals surface area contributed by atoms with Crippen molar-refractivity contribution in [3.05, 3.63) is 15.3 Å². The molecule has 9 heteroatoms. The topological polar surface area (TPSA) is 67.3 Å². The Kier molecular flexibility index (Phi) is 3.71. The number of hydrogen-bond donors (Lipinski definition) is 1. The fraction of sp³-hybridized carbons (Fsp3) is 0.167. The Hall–Kier alpha value is -0.220. The van der Waals surface area contributed by atoms with Crippen LogP contribution in [0, 0.1) is 3.57 Å². The summed E-state index contributed by atoms with van der Waals surface area (Å²) in [5, 5.41) is 8.17. The van der Waals surface area contributed by atoms with E-state index in [9.17, 15) is 17.2 Å². The molecule has 84 valence electrons. The van der Waals surface area contributed by atoms with E-state index in [-0.39, 0.29) is 3.57 Å². The molecule has 0 aliphatic rings. The van der Waals surface area contributed by atoms with Gasteiger partial charge in [0, 0.05) is 10.7 Å². The lowest BCUT2D eigenvalue weighted by Crippen LogP contribution is -2.04. The van der Waals surface area contributed by atoms with Crippen molar-refractivity contribution in [2.24, 2.45) is 0 Å².